The lowest BCUT2D eigenvalue weighted by atomic mass is 10.0. The van der Waals surface area contributed by atoms with E-state index in [9.17, 15) is 18.4 Å². The van der Waals surface area contributed by atoms with E-state index < -0.39 is 17.5 Å². The Hall–Kier alpha value is -3.54. The molecule has 0 saturated heterocycles. The zero-order valence-corrected chi connectivity index (χ0v) is 14.1. The maximum Gasteiger partial charge on any atom is 0.262 e. The van der Waals surface area contributed by atoms with Crippen molar-refractivity contribution in [2.24, 2.45) is 0 Å². The van der Waals surface area contributed by atoms with Crippen LogP contribution in [0.3, 0.4) is 0 Å². The first-order chi connectivity index (χ1) is 13.0. The number of carbonyl (C=O) groups excluding carboxylic acids is 2. The summed E-state index contributed by atoms with van der Waals surface area (Å²) in [7, 11) is 0. The second-order valence-corrected chi connectivity index (χ2v) is 5.68. The molecule has 0 spiro atoms. The standard InChI is InChI=1S/C21H15F2NO3/c22-16-8-11-19(18(23)12-16)24-20(25)13-27-17-9-6-15(7-10-17)21(26)14-4-2-1-3-5-14/h1-12H,13H2,(H,24,25). The van der Waals surface area contributed by atoms with Crippen LogP contribution in [0.1, 0.15) is 15.9 Å². The average molecular weight is 367 g/mol. The van der Waals surface area contributed by atoms with Crippen molar-refractivity contribution in [1.82, 2.24) is 0 Å². The number of hydrogen-bond donors (Lipinski definition) is 1. The maximum atomic E-state index is 13.5. The smallest absolute Gasteiger partial charge is 0.262 e. The Bertz CT molecular complexity index is 957. The summed E-state index contributed by atoms with van der Waals surface area (Å²) in [4.78, 5) is 24.1. The number of hydrogen-bond acceptors (Lipinski definition) is 3. The van der Waals surface area contributed by atoms with Crippen LogP contribution >= 0.6 is 0 Å². The van der Waals surface area contributed by atoms with E-state index in [4.69, 9.17) is 4.74 Å². The SMILES string of the molecule is O=C(COc1ccc(C(=O)c2ccccc2)cc1)Nc1ccc(F)cc1F. The monoisotopic (exact) mass is 367 g/mol. The number of ketones is 1. The van der Waals surface area contributed by atoms with Crippen molar-refractivity contribution in [1.29, 1.82) is 0 Å². The lowest BCUT2D eigenvalue weighted by Crippen LogP contribution is -2.20. The van der Waals surface area contributed by atoms with Crippen molar-refractivity contribution in [3.63, 3.8) is 0 Å². The summed E-state index contributed by atoms with van der Waals surface area (Å²) in [6, 6.07) is 18.1. The van der Waals surface area contributed by atoms with Crippen molar-refractivity contribution < 1.29 is 23.1 Å². The third kappa shape index (κ3) is 4.76. The number of anilines is 1. The van der Waals surface area contributed by atoms with Crippen molar-refractivity contribution in [3.8, 4) is 5.75 Å². The van der Waals surface area contributed by atoms with E-state index in [0.717, 1.165) is 12.1 Å². The van der Waals surface area contributed by atoms with Crippen LogP contribution in [0.5, 0.6) is 5.75 Å². The Morgan fingerprint density at radius 1 is 0.852 bits per heavy atom. The minimum Gasteiger partial charge on any atom is -0.484 e. The van der Waals surface area contributed by atoms with Gasteiger partial charge >= 0.3 is 0 Å². The molecule has 0 radical (unpaired) electrons. The first kappa shape index (κ1) is 18.3. The summed E-state index contributed by atoms with van der Waals surface area (Å²) < 4.78 is 31.7. The number of nitrogens with one attached hydrogen (secondary N) is 1. The summed E-state index contributed by atoms with van der Waals surface area (Å²) in [5.74, 6) is -1.93. The van der Waals surface area contributed by atoms with Crippen molar-refractivity contribution in [3.05, 3.63) is 95.6 Å². The normalized spacial score (nSPS) is 10.3. The fourth-order valence-corrected chi connectivity index (χ4v) is 2.38. The second kappa shape index (κ2) is 8.23. The molecule has 0 saturated carbocycles. The molecule has 0 atom stereocenters. The van der Waals surface area contributed by atoms with Gasteiger partial charge in [-0.05, 0) is 36.4 Å². The van der Waals surface area contributed by atoms with Crippen LogP contribution in [0.4, 0.5) is 14.5 Å². The highest BCUT2D eigenvalue weighted by atomic mass is 19.1. The molecule has 3 aromatic carbocycles. The number of benzene rings is 3. The number of amides is 1. The van der Waals surface area contributed by atoms with Crippen molar-refractivity contribution in [2.45, 2.75) is 0 Å². The molecule has 0 aromatic heterocycles. The fraction of sp³-hybridized carbons (Fsp3) is 0.0476. The van der Waals surface area contributed by atoms with Crippen LogP contribution in [-0.2, 0) is 4.79 Å². The predicted octanol–water partition coefficient (Wildman–Crippen LogP) is 4.21. The van der Waals surface area contributed by atoms with E-state index in [2.05, 4.69) is 5.32 Å². The minimum absolute atomic E-state index is 0.119. The second-order valence-electron chi connectivity index (χ2n) is 5.68. The molecule has 1 amide bonds. The lowest BCUT2D eigenvalue weighted by molar-refractivity contribution is -0.118. The van der Waals surface area contributed by atoms with E-state index in [1.807, 2.05) is 6.07 Å². The highest BCUT2D eigenvalue weighted by Gasteiger charge is 2.10. The molecule has 3 aromatic rings. The van der Waals surface area contributed by atoms with Gasteiger partial charge in [0, 0.05) is 17.2 Å². The molecule has 4 nitrogen and oxygen atoms in total. The minimum atomic E-state index is -0.868. The molecule has 3 rings (SSSR count). The van der Waals surface area contributed by atoms with Crippen LogP contribution < -0.4 is 10.1 Å². The van der Waals surface area contributed by atoms with Gasteiger partial charge in [0.25, 0.3) is 5.91 Å². The molecule has 6 heteroatoms. The molecule has 0 heterocycles. The Morgan fingerprint density at radius 2 is 1.52 bits per heavy atom. The van der Waals surface area contributed by atoms with Gasteiger partial charge in [-0.2, -0.15) is 0 Å². The highest BCUT2D eigenvalue weighted by Crippen LogP contribution is 2.17. The average Bonchev–Trinajstić information content (AvgIpc) is 2.69. The number of rotatable bonds is 6. The van der Waals surface area contributed by atoms with Gasteiger partial charge in [-0.25, -0.2) is 8.78 Å². The molecule has 0 aliphatic rings. The van der Waals surface area contributed by atoms with Crippen molar-refractivity contribution in [2.75, 3.05) is 11.9 Å². The maximum absolute atomic E-state index is 13.5. The van der Waals surface area contributed by atoms with E-state index in [1.165, 1.54) is 0 Å². The molecular formula is C21H15F2NO3. The molecule has 0 aliphatic heterocycles. The Balaban J connectivity index is 1.57. The first-order valence-electron chi connectivity index (χ1n) is 8.10. The highest BCUT2D eigenvalue weighted by molar-refractivity contribution is 6.09. The summed E-state index contributed by atoms with van der Waals surface area (Å²) >= 11 is 0. The Labute approximate surface area is 154 Å². The van der Waals surface area contributed by atoms with Gasteiger partial charge in [0.2, 0.25) is 0 Å². The quantitative estimate of drug-likeness (QED) is 0.664. The molecule has 0 bridgehead atoms. The lowest BCUT2D eigenvalue weighted by Gasteiger charge is -2.09. The number of ether oxygens (including phenoxy) is 1. The Kier molecular flexibility index (Phi) is 5.56. The van der Waals surface area contributed by atoms with Crippen LogP contribution in [-0.4, -0.2) is 18.3 Å². The first-order valence-corrected chi connectivity index (χ1v) is 8.10. The van der Waals surface area contributed by atoms with Gasteiger partial charge in [0.05, 0.1) is 5.69 Å². The van der Waals surface area contributed by atoms with Gasteiger partial charge in [0.15, 0.2) is 12.4 Å². The molecule has 27 heavy (non-hydrogen) atoms. The van der Waals surface area contributed by atoms with Crippen LogP contribution in [0.2, 0.25) is 0 Å². The third-order valence-corrected chi connectivity index (χ3v) is 3.73. The van der Waals surface area contributed by atoms with Gasteiger partial charge in [-0.3, -0.25) is 9.59 Å². The largest absolute Gasteiger partial charge is 0.484 e. The molecule has 0 aliphatic carbocycles. The van der Waals surface area contributed by atoms with Gasteiger partial charge in [-0.15, -0.1) is 0 Å². The molecule has 0 fully saturated rings. The van der Waals surface area contributed by atoms with E-state index in [0.29, 0.717) is 22.9 Å². The third-order valence-electron chi connectivity index (χ3n) is 3.73. The number of carbonyl (C=O) groups is 2. The van der Waals surface area contributed by atoms with Gasteiger partial charge in [0.1, 0.15) is 17.4 Å². The van der Waals surface area contributed by atoms with Gasteiger partial charge < -0.3 is 10.1 Å². The number of halogens is 2. The fourth-order valence-electron chi connectivity index (χ4n) is 2.38. The Morgan fingerprint density at radius 3 is 2.19 bits per heavy atom. The zero-order valence-electron chi connectivity index (χ0n) is 14.1. The zero-order chi connectivity index (χ0) is 19.2. The van der Waals surface area contributed by atoms with Crippen LogP contribution in [0, 0.1) is 11.6 Å². The summed E-state index contributed by atoms with van der Waals surface area (Å²) in [5, 5.41) is 2.30. The molecule has 136 valence electrons. The van der Waals surface area contributed by atoms with Gasteiger partial charge in [-0.1, -0.05) is 30.3 Å². The molecular weight excluding hydrogens is 352 g/mol. The van der Waals surface area contributed by atoms with E-state index in [1.54, 1.807) is 48.5 Å². The summed E-state index contributed by atoms with van der Waals surface area (Å²) in [6.45, 7) is -0.358. The summed E-state index contributed by atoms with van der Waals surface area (Å²) in [6.07, 6.45) is 0. The van der Waals surface area contributed by atoms with Crippen LogP contribution in [0.15, 0.2) is 72.8 Å². The summed E-state index contributed by atoms with van der Waals surface area (Å²) in [5.41, 5.74) is 0.937. The van der Waals surface area contributed by atoms with Crippen molar-refractivity contribution >= 4 is 17.4 Å². The van der Waals surface area contributed by atoms with E-state index in [-0.39, 0.29) is 18.1 Å². The molecule has 0 unspecified atom stereocenters. The predicted molar refractivity (Wildman–Crippen MR) is 96.8 cm³/mol. The van der Waals surface area contributed by atoms with Crippen LogP contribution in [0.25, 0.3) is 0 Å². The van der Waals surface area contributed by atoms with E-state index >= 15 is 0 Å². The topological polar surface area (TPSA) is 55.4 Å². The molecule has 1 N–H and O–H groups in total.